The first-order valence-electron chi connectivity index (χ1n) is 5.07. The summed E-state index contributed by atoms with van der Waals surface area (Å²) in [6.07, 6.45) is 5.28. The van der Waals surface area contributed by atoms with E-state index in [1.54, 1.807) is 0 Å². The van der Waals surface area contributed by atoms with Gasteiger partial charge in [-0.25, -0.2) is 0 Å². The monoisotopic (exact) mass is 174 g/mol. The third-order valence-corrected chi connectivity index (χ3v) is 1.91. The van der Waals surface area contributed by atoms with Crippen LogP contribution in [0.2, 0.25) is 0 Å². The highest BCUT2D eigenvalue weighted by Gasteiger charge is 1.99. The average Bonchev–Trinajstić information content (AvgIpc) is 2.01. The summed E-state index contributed by atoms with van der Waals surface area (Å²) in [5.41, 5.74) is 0. The van der Waals surface area contributed by atoms with Gasteiger partial charge in [0.2, 0.25) is 0 Å². The van der Waals surface area contributed by atoms with E-state index in [9.17, 15) is 0 Å². The molecule has 0 aromatic heterocycles. The molecule has 2 heteroatoms. The predicted molar refractivity (Wildman–Crippen MR) is 57.0 cm³/mol. The van der Waals surface area contributed by atoms with E-state index >= 15 is 0 Å². The minimum atomic E-state index is 0. The summed E-state index contributed by atoms with van der Waals surface area (Å²) in [5, 5.41) is 0. The summed E-state index contributed by atoms with van der Waals surface area (Å²) in [7, 11) is 0. The number of unbranched alkanes of at least 4 members (excludes halogenated alkanes) is 1. The maximum absolute atomic E-state index is 2.57. The van der Waals surface area contributed by atoms with E-state index in [2.05, 4.69) is 25.7 Å². The highest BCUT2D eigenvalue weighted by atomic mass is 15.1. The zero-order valence-electron chi connectivity index (χ0n) is 9.10. The number of rotatable bonds is 7. The van der Waals surface area contributed by atoms with Crippen LogP contribution in [0.5, 0.6) is 0 Å². The van der Waals surface area contributed by atoms with Crippen molar-refractivity contribution in [2.24, 2.45) is 0 Å². The molecule has 2 nitrogen and oxygen atoms in total. The molecule has 0 unspecified atom stereocenters. The van der Waals surface area contributed by atoms with E-state index < -0.39 is 0 Å². The molecule has 0 aliphatic carbocycles. The molecule has 0 bridgehead atoms. The minimum Gasteiger partial charge on any atom is -0.344 e. The van der Waals surface area contributed by atoms with Crippen molar-refractivity contribution in [2.45, 2.75) is 46.5 Å². The largest absolute Gasteiger partial charge is 0.344 e. The Hall–Kier alpha value is -0.0800. The van der Waals surface area contributed by atoms with Crippen molar-refractivity contribution >= 4 is 0 Å². The van der Waals surface area contributed by atoms with Gasteiger partial charge in [0.15, 0.2) is 0 Å². The first-order valence-corrected chi connectivity index (χ1v) is 5.07. The Balaban J connectivity index is 0. The highest BCUT2D eigenvalue weighted by molar-refractivity contribution is 4.54. The number of nitrogens with zero attached hydrogens (tertiary/aromatic N) is 1. The summed E-state index contributed by atoms with van der Waals surface area (Å²) in [6.45, 7) is 10.7. The fraction of sp³-hybridized carbons (Fsp3) is 1.00. The average molecular weight is 174 g/mol. The molecule has 0 saturated carbocycles. The lowest BCUT2D eigenvalue weighted by molar-refractivity contribution is 0.270. The molecule has 0 amide bonds. The first-order chi connectivity index (χ1) is 5.35. The van der Waals surface area contributed by atoms with E-state index in [0.29, 0.717) is 0 Å². The van der Waals surface area contributed by atoms with E-state index in [1.165, 1.54) is 45.3 Å². The van der Waals surface area contributed by atoms with Gasteiger partial charge in [-0.2, -0.15) is 0 Å². The standard InChI is InChI=1S/C10H23N.H3N/c1-4-7-10-11(8-5-2)9-6-3;/h4-10H2,1-3H3;1H3. The van der Waals surface area contributed by atoms with Gasteiger partial charge in [0.25, 0.3) is 0 Å². The summed E-state index contributed by atoms with van der Waals surface area (Å²) in [6, 6.07) is 0. The van der Waals surface area contributed by atoms with Gasteiger partial charge < -0.3 is 11.1 Å². The van der Waals surface area contributed by atoms with Gasteiger partial charge in [0.05, 0.1) is 0 Å². The quantitative estimate of drug-likeness (QED) is 0.644. The first kappa shape index (κ1) is 14.4. The van der Waals surface area contributed by atoms with Crippen LogP contribution < -0.4 is 6.15 Å². The number of hydrogen-bond acceptors (Lipinski definition) is 2. The molecule has 0 spiro atoms. The molecular formula is C10H26N2. The lowest BCUT2D eigenvalue weighted by Crippen LogP contribution is -2.26. The van der Waals surface area contributed by atoms with E-state index in [0.717, 1.165) is 0 Å². The molecule has 0 aromatic rings. The van der Waals surface area contributed by atoms with E-state index in [-0.39, 0.29) is 6.15 Å². The molecule has 76 valence electrons. The fourth-order valence-corrected chi connectivity index (χ4v) is 1.35. The van der Waals surface area contributed by atoms with E-state index in [1.807, 2.05) is 0 Å². The van der Waals surface area contributed by atoms with Gasteiger partial charge in [-0.1, -0.05) is 27.2 Å². The molecule has 0 radical (unpaired) electrons. The lowest BCUT2D eigenvalue weighted by atomic mass is 10.3. The molecule has 0 aliphatic heterocycles. The van der Waals surface area contributed by atoms with Crippen molar-refractivity contribution in [1.82, 2.24) is 11.1 Å². The molecular weight excluding hydrogens is 148 g/mol. The Morgan fingerprint density at radius 3 is 1.58 bits per heavy atom. The smallest absolute Gasteiger partial charge is 0.00188 e. The van der Waals surface area contributed by atoms with Crippen LogP contribution in [0.3, 0.4) is 0 Å². The van der Waals surface area contributed by atoms with Crippen LogP contribution in [0, 0.1) is 0 Å². The molecule has 3 N–H and O–H groups in total. The Morgan fingerprint density at radius 2 is 1.25 bits per heavy atom. The maximum atomic E-state index is 2.57. The Morgan fingerprint density at radius 1 is 0.750 bits per heavy atom. The zero-order chi connectivity index (χ0) is 8.53. The summed E-state index contributed by atoms with van der Waals surface area (Å²) in [4.78, 5) is 2.57. The van der Waals surface area contributed by atoms with Crippen LogP contribution in [0.1, 0.15) is 46.5 Å². The van der Waals surface area contributed by atoms with Gasteiger partial charge in [-0.05, 0) is 38.9 Å². The Labute approximate surface area is 77.9 Å². The molecule has 0 rings (SSSR count). The van der Waals surface area contributed by atoms with Gasteiger partial charge in [0.1, 0.15) is 0 Å². The van der Waals surface area contributed by atoms with Crippen molar-refractivity contribution < 1.29 is 0 Å². The second-order valence-electron chi connectivity index (χ2n) is 3.20. The summed E-state index contributed by atoms with van der Waals surface area (Å²) >= 11 is 0. The zero-order valence-corrected chi connectivity index (χ0v) is 9.10. The van der Waals surface area contributed by atoms with Crippen molar-refractivity contribution in [3.63, 3.8) is 0 Å². The van der Waals surface area contributed by atoms with Crippen LogP contribution in [-0.2, 0) is 0 Å². The Bertz CT molecular complexity index is 68.2. The third kappa shape index (κ3) is 8.02. The van der Waals surface area contributed by atoms with Gasteiger partial charge in [-0.15, -0.1) is 0 Å². The number of hydrogen-bond donors (Lipinski definition) is 1. The van der Waals surface area contributed by atoms with Gasteiger partial charge >= 0.3 is 0 Å². The van der Waals surface area contributed by atoms with Crippen LogP contribution in [0.15, 0.2) is 0 Å². The Kier molecular flexibility index (Phi) is 13.1. The minimum absolute atomic E-state index is 0. The van der Waals surface area contributed by atoms with Crippen molar-refractivity contribution in [2.75, 3.05) is 19.6 Å². The maximum Gasteiger partial charge on any atom is -0.00188 e. The van der Waals surface area contributed by atoms with Crippen molar-refractivity contribution in [1.29, 1.82) is 0 Å². The molecule has 0 aromatic carbocycles. The molecule has 0 saturated heterocycles. The lowest BCUT2D eigenvalue weighted by Gasteiger charge is -2.20. The SMILES string of the molecule is CCCCN(CCC)CCC.N. The fourth-order valence-electron chi connectivity index (χ4n) is 1.35. The third-order valence-electron chi connectivity index (χ3n) is 1.91. The molecule has 12 heavy (non-hydrogen) atoms. The predicted octanol–water partition coefficient (Wildman–Crippen LogP) is 3.07. The van der Waals surface area contributed by atoms with Crippen molar-refractivity contribution in [3.8, 4) is 0 Å². The van der Waals surface area contributed by atoms with Gasteiger partial charge in [-0.3, -0.25) is 0 Å². The summed E-state index contributed by atoms with van der Waals surface area (Å²) in [5.74, 6) is 0. The molecule has 0 aliphatic rings. The van der Waals surface area contributed by atoms with Crippen LogP contribution in [-0.4, -0.2) is 24.5 Å². The topological polar surface area (TPSA) is 38.2 Å². The van der Waals surface area contributed by atoms with Crippen LogP contribution >= 0.6 is 0 Å². The van der Waals surface area contributed by atoms with E-state index in [4.69, 9.17) is 0 Å². The normalized spacial score (nSPS) is 10.0. The van der Waals surface area contributed by atoms with Crippen LogP contribution in [0.25, 0.3) is 0 Å². The van der Waals surface area contributed by atoms with Gasteiger partial charge in [0, 0.05) is 0 Å². The molecule has 0 atom stereocenters. The molecule has 0 fully saturated rings. The van der Waals surface area contributed by atoms with Crippen LogP contribution in [0.4, 0.5) is 0 Å². The molecule has 0 heterocycles. The summed E-state index contributed by atoms with van der Waals surface area (Å²) < 4.78 is 0. The van der Waals surface area contributed by atoms with Crippen molar-refractivity contribution in [3.05, 3.63) is 0 Å². The second kappa shape index (κ2) is 10.9. The second-order valence-corrected chi connectivity index (χ2v) is 3.20. The highest BCUT2D eigenvalue weighted by Crippen LogP contribution is 1.97.